The Kier molecular flexibility index (Phi) is 3.53. The smallest absolute Gasteiger partial charge is 0.291 e. The maximum atomic E-state index is 12.0. The molecule has 0 bridgehead atoms. The second-order valence-electron chi connectivity index (χ2n) is 3.86. The van der Waals surface area contributed by atoms with Gasteiger partial charge in [-0.25, -0.2) is 0 Å². The zero-order chi connectivity index (χ0) is 13.8. The van der Waals surface area contributed by atoms with Crippen LogP contribution in [-0.2, 0) is 0 Å². The Labute approximate surface area is 110 Å². The van der Waals surface area contributed by atoms with Gasteiger partial charge in [0.25, 0.3) is 5.91 Å². The van der Waals surface area contributed by atoms with Crippen molar-refractivity contribution in [2.75, 3.05) is 12.4 Å². The topological polar surface area (TPSA) is 75.3 Å². The number of methoxy groups -OCH3 is 1. The Hall–Kier alpha value is -2.74. The van der Waals surface area contributed by atoms with E-state index >= 15 is 0 Å². The van der Waals surface area contributed by atoms with E-state index in [0.717, 1.165) is 0 Å². The summed E-state index contributed by atoms with van der Waals surface area (Å²) in [5.74, 6) is 0.836. The van der Waals surface area contributed by atoms with Gasteiger partial charge in [-0.15, -0.1) is 0 Å². The molecule has 0 saturated carbocycles. The van der Waals surface area contributed by atoms with Crippen molar-refractivity contribution in [1.29, 1.82) is 5.26 Å². The van der Waals surface area contributed by atoms with Crippen molar-refractivity contribution in [1.82, 2.24) is 0 Å². The number of rotatable bonds is 3. The molecule has 1 amide bonds. The van der Waals surface area contributed by atoms with Crippen LogP contribution < -0.4 is 10.1 Å². The normalized spacial score (nSPS) is 9.74. The fourth-order valence-corrected chi connectivity index (χ4v) is 1.66. The lowest BCUT2D eigenvalue weighted by Gasteiger charge is -2.10. The molecule has 2 rings (SSSR count). The van der Waals surface area contributed by atoms with Crippen molar-refractivity contribution < 1.29 is 13.9 Å². The Morgan fingerprint density at radius 3 is 2.74 bits per heavy atom. The van der Waals surface area contributed by atoms with Gasteiger partial charge in [0.1, 0.15) is 23.3 Å². The summed E-state index contributed by atoms with van der Waals surface area (Å²) in [5, 5.41) is 11.7. The van der Waals surface area contributed by atoms with Crippen molar-refractivity contribution in [3.05, 3.63) is 47.4 Å². The summed E-state index contributed by atoms with van der Waals surface area (Å²) in [7, 11) is 1.48. The molecule has 1 N–H and O–H groups in total. The molecule has 0 aliphatic heterocycles. The molecule has 0 saturated heterocycles. The maximum Gasteiger partial charge on any atom is 0.291 e. The average Bonchev–Trinajstić information content (AvgIpc) is 2.85. The first-order valence-corrected chi connectivity index (χ1v) is 5.60. The molecule has 0 radical (unpaired) electrons. The summed E-state index contributed by atoms with van der Waals surface area (Å²) in [6, 6.07) is 10.2. The molecule has 0 spiro atoms. The van der Waals surface area contributed by atoms with E-state index in [4.69, 9.17) is 14.4 Å². The summed E-state index contributed by atoms with van der Waals surface area (Å²) >= 11 is 0. The molecule has 0 aliphatic carbocycles. The van der Waals surface area contributed by atoms with E-state index in [9.17, 15) is 4.79 Å². The molecule has 5 heteroatoms. The van der Waals surface area contributed by atoms with Crippen LogP contribution in [-0.4, -0.2) is 13.0 Å². The van der Waals surface area contributed by atoms with Crippen molar-refractivity contribution in [2.24, 2.45) is 0 Å². The van der Waals surface area contributed by atoms with Crippen LogP contribution >= 0.6 is 0 Å². The Bertz CT molecular complexity index is 653. The van der Waals surface area contributed by atoms with Gasteiger partial charge in [-0.1, -0.05) is 6.07 Å². The highest BCUT2D eigenvalue weighted by molar-refractivity contribution is 6.04. The monoisotopic (exact) mass is 256 g/mol. The number of aryl methyl sites for hydroxylation is 1. The van der Waals surface area contributed by atoms with Gasteiger partial charge in [-0.3, -0.25) is 4.79 Å². The Balaban J connectivity index is 2.33. The van der Waals surface area contributed by atoms with Gasteiger partial charge < -0.3 is 14.5 Å². The largest absolute Gasteiger partial charge is 0.495 e. The molecule has 5 nitrogen and oxygen atoms in total. The second-order valence-corrected chi connectivity index (χ2v) is 3.86. The summed E-state index contributed by atoms with van der Waals surface area (Å²) < 4.78 is 10.4. The maximum absolute atomic E-state index is 12.0. The minimum absolute atomic E-state index is 0.187. The lowest BCUT2D eigenvalue weighted by atomic mass is 10.1. The first-order valence-electron chi connectivity index (χ1n) is 5.60. The Morgan fingerprint density at radius 1 is 1.37 bits per heavy atom. The third kappa shape index (κ3) is 2.58. The van der Waals surface area contributed by atoms with E-state index in [-0.39, 0.29) is 5.76 Å². The van der Waals surface area contributed by atoms with Gasteiger partial charge in [0, 0.05) is 0 Å². The minimum atomic E-state index is -0.422. The highest BCUT2D eigenvalue weighted by Crippen LogP contribution is 2.28. The van der Waals surface area contributed by atoms with Crippen LogP contribution in [0.25, 0.3) is 0 Å². The fraction of sp³-hybridized carbons (Fsp3) is 0.143. The highest BCUT2D eigenvalue weighted by Gasteiger charge is 2.15. The van der Waals surface area contributed by atoms with E-state index in [0.29, 0.717) is 22.8 Å². The summed E-state index contributed by atoms with van der Waals surface area (Å²) in [5.41, 5.74) is 0.669. The van der Waals surface area contributed by atoms with Gasteiger partial charge in [0.2, 0.25) is 0 Å². The molecule has 0 fully saturated rings. The fourth-order valence-electron chi connectivity index (χ4n) is 1.66. The predicted octanol–water partition coefficient (Wildman–Crippen LogP) is 2.72. The Morgan fingerprint density at radius 2 is 2.16 bits per heavy atom. The zero-order valence-electron chi connectivity index (χ0n) is 10.6. The number of hydrogen-bond acceptors (Lipinski definition) is 4. The molecular weight excluding hydrogens is 244 g/mol. The molecule has 19 heavy (non-hydrogen) atoms. The number of ether oxygens (including phenoxy) is 1. The number of carbonyl (C=O) groups excluding carboxylic acids is 1. The van der Waals surface area contributed by atoms with Gasteiger partial charge in [0.15, 0.2) is 5.76 Å². The van der Waals surface area contributed by atoms with Crippen LogP contribution in [0.4, 0.5) is 5.69 Å². The molecule has 96 valence electrons. The van der Waals surface area contributed by atoms with Gasteiger partial charge in [0.05, 0.1) is 12.7 Å². The molecule has 1 aromatic heterocycles. The molecule has 0 atom stereocenters. The molecule has 1 heterocycles. The summed E-state index contributed by atoms with van der Waals surface area (Å²) in [6.45, 7) is 1.75. The number of nitriles is 1. The van der Waals surface area contributed by atoms with E-state index < -0.39 is 5.91 Å². The van der Waals surface area contributed by atoms with Crippen LogP contribution in [0.15, 0.2) is 34.7 Å². The van der Waals surface area contributed by atoms with Crippen LogP contribution in [0.3, 0.4) is 0 Å². The van der Waals surface area contributed by atoms with Crippen molar-refractivity contribution in [3.63, 3.8) is 0 Å². The first-order chi connectivity index (χ1) is 9.15. The number of anilines is 1. The zero-order valence-corrected chi connectivity index (χ0v) is 10.6. The second kappa shape index (κ2) is 5.27. The van der Waals surface area contributed by atoms with Gasteiger partial charge in [-0.2, -0.15) is 5.26 Å². The highest BCUT2D eigenvalue weighted by atomic mass is 16.5. The number of para-hydroxylation sites is 1. The quantitative estimate of drug-likeness (QED) is 0.916. The molecule has 0 unspecified atom stereocenters. The van der Waals surface area contributed by atoms with Gasteiger partial charge in [-0.05, 0) is 31.2 Å². The van der Waals surface area contributed by atoms with Crippen LogP contribution in [0, 0.1) is 18.3 Å². The molecule has 1 aromatic carbocycles. The standard InChI is InChI=1S/C14H12N2O3/c1-9-6-7-12(19-9)14(17)16-13-10(8-15)4-3-5-11(13)18-2/h3-7H,1-2H3,(H,16,17). The molecule has 0 aliphatic rings. The van der Waals surface area contributed by atoms with Crippen molar-refractivity contribution in [3.8, 4) is 11.8 Å². The van der Waals surface area contributed by atoms with Gasteiger partial charge >= 0.3 is 0 Å². The number of benzene rings is 1. The van der Waals surface area contributed by atoms with Crippen LogP contribution in [0.5, 0.6) is 5.75 Å². The van der Waals surface area contributed by atoms with E-state index in [1.54, 1.807) is 37.3 Å². The summed E-state index contributed by atoms with van der Waals surface area (Å²) in [6.07, 6.45) is 0. The third-order valence-electron chi connectivity index (χ3n) is 2.57. The van der Waals surface area contributed by atoms with E-state index in [2.05, 4.69) is 5.32 Å². The molecule has 2 aromatic rings. The van der Waals surface area contributed by atoms with Crippen molar-refractivity contribution in [2.45, 2.75) is 6.92 Å². The van der Waals surface area contributed by atoms with Crippen molar-refractivity contribution >= 4 is 11.6 Å². The molecular formula is C14H12N2O3. The van der Waals surface area contributed by atoms with E-state index in [1.165, 1.54) is 7.11 Å². The number of furan rings is 1. The predicted molar refractivity (Wildman–Crippen MR) is 69.1 cm³/mol. The number of amides is 1. The SMILES string of the molecule is COc1cccc(C#N)c1NC(=O)c1ccc(C)o1. The minimum Gasteiger partial charge on any atom is -0.495 e. The third-order valence-corrected chi connectivity index (χ3v) is 2.57. The van der Waals surface area contributed by atoms with Crippen LogP contribution in [0.2, 0.25) is 0 Å². The lowest BCUT2D eigenvalue weighted by Crippen LogP contribution is -2.13. The number of hydrogen-bond donors (Lipinski definition) is 1. The van der Waals surface area contributed by atoms with Crippen LogP contribution in [0.1, 0.15) is 21.9 Å². The lowest BCUT2D eigenvalue weighted by molar-refractivity contribution is 0.0995. The first kappa shape index (κ1) is 12.7. The number of carbonyl (C=O) groups is 1. The number of nitrogens with zero attached hydrogens (tertiary/aromatic N) is 1. The van der Waals surface area contributed by atoms with E-state index in [1.807, 2.05) is 6.07 Å². The average molecular weight is 256 g/mol. The number of nitrogens with one attached hydrogen (secondary N) is 1. The summed E-state index contributed by atoms with van der Waals surface area (Å²) in [4.78, 5) is 12.0.